The van der Waals surface area contributed by atoms with Gasteiger partial charge in [0.1, 0.15) is 21.5 Å². The van der Waals surface area contributed by atoms with Crippen LogP contribution in [0.4, 0.5) is 5.69 Å². The van der Waals surface area contributed by atoms with Gasteiger partial charge >= 0.3 is 0 Å². The number of aryl methyl sites for hydroxylation is 1. The van der Waals surface area contributed by atoms with Crippen LogP contribution in [-0.2, 0) is 4.79 Å². The van der Waals surface area contributed by atoms with Gasteiger partial charge in [-0.25, -0.2) is 4.98 Å². The molecule has 0 saturated carbocycles. The summed E-state index contributed by atoms with van der Waals surface area (Å²) in [5.41, 5.74) is 4.76. The second-order valence-electron chi connectivity index (χ2n) is 8.03. The van der Waals surface area contributed by atoms with Gasteiger partial charge < -0.3 is 10.1 Å². The van der Waals surface area contributed by atoms with E-state index in [9.17, 15) is 4.79 Å². The summed E-state index contributed by atoms with van der Waals surface area (Å²) in [6, 6.07) is 19.6. The molecular formula is C26H26N4O2S2. The van der Waals surface area contributed by atoms with Crippen molar-refractivity contribution in [2.75, 3.05) is 18.2 Å². The van der Waals surface area contributed by atoms with Gasteiger partial charge in [-0.3, -0.25) is 4.79 Å². The zero-order chi connectivity index (χ0) is 24.1. The van der Waals surface area contributed by atoms with Crippen LogP contribution in [0.2, 0.25) is 0 Å². The van der Waals surface area contributed by atoms with Crippen molar-refractivity contribution in [3.63, 3.8) is 0 Å². The van der Waals surface area contributed by atoms with Crippen LogP contribution in [0.15, 0.2) is 65.7 Å². The molecule has 34 heavy (non-hydrogen) atoms. The van der Waals surface area contributed by atoms with E-state index in [2.05, 4.69) is 29.4 Å². The molecule has 0 atom stereocenters. The number of rotatable bonds is 8. The smallest absolute Gasteiger partial charge is 0.234 e. The monoisotopic (exact) mass is 490 g/mol. The molecule has 0 radical (unpaired) electrons. The van der Waals surface area contributed by atoms with E-state index >= 15 is 0 Å². The summed E-state index contributed by atoms with van der Waals surface area (Å²) in [5.74, 6) is 1.47. The Bertz CT molecular complexity index is 1250. The number of aromatic nitrogens is 3. The van der Waals surface area contributed by atoms with Crippen molar-refractivity contribution in [3.8, 4) is 26.9 Å². The Hall–Kier alpha value is -3.23. The molecule has 6 nitrogen and oxygen atoms in total. The first kappa shape index (κ1) is 23.9. The summed E-state index contributed by atoms with van der Waals surface area (Å²) in [7, 11) is 1.65. The maximum Gasteiger partial charge on any atom is 0.234 e. The Labute approximate surface area is 207 Å². The van der Waals surface area contributed by atoms with Gasteiger partial charge in [-0.15, -0.1) is 21.5 Å². The van der Waals surface area contributed by atoms with Crippen LogP contribution >= 0.6 is 23.1 Å². The topological polar surface area (TPSA) is 77.0 Å². The number of hydrogen-bond acceptors (Lipinski definition) is 7. The van der Waals surface area contributed by atoms with Gasteiger partial charge in [0.25, 0.3) is 0 Å². The number of carbonyl (C=O) groups excluding carboxylic acids is 1. The lowest BCUT2D eigenvalue weighted by atomic mass is 10.0. The first-order chi connectivity index (χ1) is 16.4. The van der Waals surface area contributed by atoms with E-state index < -0.39 is 0 Å². The van der Waals surface area contributed by atoms with Crippen LogP contribution in [0.25, 0.3) is 21.1 Å². The molecule has 2 aromatic carbocycles. The fraction of sp³-hybridized carbons (Fsp3) is 0.231. The molecular weight excluding hydrogens is 464 g/mol. The largest absolute Gasteiger partial charge is 0.497 e. The minimum absolute atomic E-state index is 0.0735. The van der Waals surface area contributed by atoms with Gasteiger partial charge in [0.15, 0.2) is 0 Å². The highest BCUT2D eigenvalue weighted by Gasteiger charge is 2.14. The Kier molecular flexibility index (Phi) is 7.59. The quantitative estimate of drug-likeness (QED) is 0.287. The third kappa shape index (κ3) is 5.81. The molecule has 0 spiro atoms. The van der Waals surface area contributed by atoms with E-state index in [-0.39, 0.29) is 11.7 Å². The standard InChI is InChI=1S/C26H26N4O2S2/c1-16(2)18-5-9-20(10-6-18)28-23(31)15-33-24-14-13-22(29-30-24)25-17(3)27-26(34-25)19-7-11-21(32-4)12-8-19/h5-14,16H,15H2,1-4H3,(H,28,31). The van der Waals surface area contributed by atoms with Crippen molar-refractivity contribution in [1.29, 1.82) is 0 Å². The number of ether oxygens (including phenoxy) is 1. The summed E-state index contributed by atoms with van der Waals surface area (Å²) in [5, 5.41) is 13.2. The zero-order valence-corrected chi connectivity index (χ0v) is 21.2. The molecule has 0 aliphatic rings. The number of methoxy groups -OCH3 is 1. The zero-order valence-electron chi connectivity index (χ0n) is 19.5. The summed E-state index contributed by atoms with van der Waals surface area (Å²) >= 11 is 2.94. The minimum Gasteiger partial charge on any atom is -0.497 e. The molecule has 2 aromatic heterocycles. The third-order valence-electron chi connectivity index (χ3n) is 5.22. The number of nitrogens with one attached hydrogen (secondary N) is 1. The normalized spacial score (nSPS) is 11.0. The predicted octanol–water partition coefficient (Wildman–Crippen LogP) is 6.44. The van der Waals surface area contributed by atoms with E-state index in [1.54, 1.807) is 18.4 Å². The third-order valence-corrected chi connectivity index (χ3v) is 7.37. The van der Waals surface area contributed by atoms with E-state index in [4.69, 9.17) is 9.72 Å². The molecule has 0 aliphatic carbocycles. The van der Waals surface area contributed by atoms with Crippen molar-refractivity contribution in [2.24, 2.45) is 0 Å². The summed E-state index contributed by atoms with van der Waals surface area (Å²) in [4.78, 5) is 18.0. The number of benzene rings is 2. The van der Waals surface area contributed by atoms with Crippen LogP contribution in [0.3, 0.4) is 0 Å². The Morgan fingerprint density at radius 1 is 1.03 bits per heavy atom. The van der Waals surface area contributed by atoms with Gasteiger partial charge in [-0.1, -0.05) is 37.7 Å². The van der Waals surface area contributed by atoms with Crippen molar-refractivity contribution in [3.05, 3.63) is 71.9 Å². The summed E-state index contributed by atoms with van der Waals surface area (Å²) < 4.78 is 5.23. The van der Waals surface area contributed by atoms with Gasteiger partial charge in [0.2, 0.25) is 5.91 Å². The molecule has 0 aliphatic heterocycles. The molecule has 8 heteroatoms. The number of carbonyl (C=O) groups is 1. The van der Waals surface area contributed by atoms with Gasteiger partial charge in [-0.2, -0.15) is 0 Å². The molecule has 1 N–H and O–H groups in total. The van der Waals surface area contributed by atoms with Crippen molar-refractivity contribution < 1.29 is 9.53 Å². The van der Waals surface area contributed by atoms with Crippen LogP contribution in [0.5, 0.6) is 5.75 Å². The van der Waals surface area contributed by atoms with Crippen LogP contribution in [0, 0.1) is 6.92 Å². The molecule has 4 rings (SSSR count). The highest BCUT2D eigenvalue weighted by atomic mass is 32.2. The molecule has 2 heterocycles. The Morgan fingerprint density at radius 3 is 2.38 bits per heavy atom. The Morgan fingerprint density at radius 2 is 1.76 bits per heavy atom. The average Bonchev–Trinajstić information content (AvgIpc) is 3.25. The fourth-order valence-corrected chi connectivity index (χ4v) is 4.95. The number of nitrogens with zero attached hydrogens (tertiary/aromatic N) is 3. The van der Waals surface area contributed by atoms with E-state index in [0.29, 0.717) is 10.9 Å². The first-order valence-corrected chi connectivity index (χ1v) is 12.7. The van der Waals surface area contributed by atoms with Gasteiger partial charge in [-0.05, 0) is 66.9 Å². The molecule has 1 amide bonds. The van der Waals surface area contributed by atoms with Crippen molar-refractivity contribution in [2.45, 2.75) is 31.7 Å². The Balaban J connectivity index is 1.36. The molecule has 0 bridgehead atoms. The predicted molar refractivity (Wildman–Crippen MR) is 140 cm³/mol. The van der Waals surface area contributed by atoms with Crippen molar-refractivity contribution >= 4 is 34.7 Å². The van der Waals surface area contributed by atoms with Crippen LogP contribution in [-0.4, -0.2) is 34.0 Å². The second-order valence-corrected chi connectivity index (χ2v) is 10.0. The molecule has 0 saturated heterocycles. The lowest BCUT2D eigenvalue weighted by Gasteiger charge is -2.08. The molecule has 0 unspecified atom stereocenters. The molecule has 4 aromatic rings. The van der Waals surface area contributed by atoms with E-state index in [1.807, 2.05) is 67.6 Å². The van der Waals surface area contributed by atoms with Crippen LogP contribution < -0.4 is 10.1 Å². The maximum atomic E-state index is 12.3. The summed E-state index contributed by atoms with van der Waals surface area (Å²) in [6.45, 7) is 6.26. The number of thioether (sulfide) groups is 1. The maximum absolute atomic E-state index is 12.3. The van der Waals surface area contributed by atoms with Gasteiger partial charge in [0, 0.05) is 11.3 Å². The minimum atomic E-state index is -0.0735. The fourth-order valence-electron chi connectivity index (χ4n) is 3.30. The SMILES string of the molecule is COc1ccc(-c2nc(C)c(-c3ccc(SCC(=O)Nc4ccc(C(C)C)cc4)nn3)s2)cc1. The lowest BCUT2D eigenvalue weighted by Crippen LogP contribution is -2.14. The first-order valence-electron chi connectivity index (χ1n) is 10.9. The molecule has 174 valence electrons. The van der Waals surface area contributed by atoms with Crippen LogP contribution in [0.1, 0.15) is 31.0 Å². The number of amides is 1. The number of anilines is 1. The number of thiazole rings is 1. The second kappa shape index (κ2) is 10.8. The van der Waals surface area contributed by atoms with Crippen molar-refractivity contribution in [1.82, 2.24) is 15.2 Å². The summed E-state index contributed by atoms with van der Waals surface area (Å²) in [6.07, 6.45) is 0. The number of hydrogen-bond donors (Lipinski definition) is 1. The van der Waals surface area contributed by atoms with E-state index in [1.165, 1.54) is 17.3 Å². The average molecular weight is 491 g/mol. The lowest BCUT2D eigenvalue weighted by molar-refractivity contribution is -0.113. The van der Waals surface area contributed by atoms with Gasteiger partial charge in [0.05, 0.1) is 23.4 Å². The highest BCUT2D eigenvalue weighted by molar-refractivity contribution is 7.99. The molecule has 0 fully saturated rings. The highest BCUT2D eigenvalue weighted by Crippen LogP contribution is 2.35. The van der Waals surface area contributed by atoms with E-state index in [0.717, 1.165) is 38.3 Å².